The van der Waals surface area contributed by atoms with E-state index < -0.39 is 5.97 Å². The SMILES string of the molecule is CC(C)Oc1ccccc1OC(=O)CCCC(=O)OCc1ccc2ccccc2c1. The summed E-state index contributed by atoms with van der Waals surface area (Å²) in [5.41, 5.74) is 0.934. The fourth-order valence-corrected chi connectivity index (χ4v) is 3.00. The molecule has 0 saturated carbocycles. The Kier molecular flexibility index (Phi) is 7.44. The van der Waals surface area contributed by atoms with Gasteiger partial charge < -0.3 is 14.2 Å². The van der Waals surface area contributed by atoms with E-state index in [1.54, 1.807) is 18.2 Å². The van der Waals surface area contributed by atoms with Gasteiger partial charge in [-0.3, -0.25) is 9.59 Å². The summed E-state index contributed by atoms with van der Waals surface area (Å²) in [4.78, 5) is 24.1. The van der Waals surface area contributed by atoms with Crippen molar-refractivity contribution < 1.29 is 23.8 Å². The Morgan fingerprint density at radius 3 is 2.23 bits per heavy atom. The summed E-state index contributed by atoms with van der Waals surface area (Å²) in [6, 6.07) is 21.0. The Bertz CT molecular complexity index is 1010. The lowest BCUT2D eigenvalue weighted by molar-refractivity contribution is -0.145. The van der Waals surface area contributed by atoms with Crippen molar-refractivity contribution in [1.82, 2.24) is 0 Å². The van der Waals surface area contributed by atoms with Crippen LogP contribution in [0, 0.1) is 0 Å². The molecule has 0 atom stereocenters. The van der Waals surface area contributed by atoms with Crippen molar-refractivity contribution >= 4 is 22.7 Å². The van der Waals surface area contributed by atoms with Gasteiger partial charge in [0.2, 0.25) is 0 Å². The topological polar surface area (TPSA) is 61.8 Å². The smallest absolute Gasteiger partial charge is 0.311 e. The zero-order valence-corrected chi connectivity index (χ0v) is 17.3. The second kappa shape index (κ2) is 10.4. The molecule has 0 aliphatic rings. The molecular formula is C25H26O5. The molecule has 30 heavy (non-hydrogen) atoms. The first-order valence-corrected chi connectivity index (χ1v) is 10.1. The fraction of sp³-hybridized carbons (Fsp3) is 0.280. The molecule has 0 amide bonds. The van der Waals surface area contributed by atoms with E-state index in [1.165, 1.54) is 0 Å². The molecule has 0 aliphatic carbocycles. The van der Waals surface area contributed by atoms with Crippen LogP contribution in [0.1, 0.15) is 38.7 Å². The molecule has 0 heterocycles. The first kappa shape index (κ1) is 21.4. The summed E-state index contributed by atoms with van der Waals surface area (Å²) in [6.07, 6.45) is 0.624. The van der Waals surface area contributed by atoms with E-state index in [9.17, 15) is 9.59 Å². The summed E-state index contributed by atoms with van der Waals surface area (Å²) < 4.78 is 16.3. The van der Waals surface area contributed by atoms with Gasteiger partial charge in [-0.05, 0) is 54.8 Å². The van der Waals surface area contributed by atoms with Gasteiger partial charge in [-0.15, -0.1) is 0 Å². The largest absolute Gasteiger partial charge is 0.487 e. The van der Waals surface area contributed by atoms with Crippen molar-refractivity contribution in [2.45, 2.75) is 45.8 Å². The first-order chi connectivity index (χ1) is 14.5. The van der Waals surface area contributed by atoms with E-state index in [0.29, 0.717) is 17.9 Å². The van der Waals surface area contributed by atoms with E-state index >= 15 is 0 Å². The van der Waals surface area contributed by atoms with E-state index in [-0.39, 0.29) is 31.5 Å². The minimum Gasteiger partial charge on any atom is -0.487 e. The van der Waals surface area contributed by atoms with Crippen LogP contribution in [0.2, 0.25) is 0 Å². The van der Waals surface area contributed by atoms with Gasteiger partial charge in [0.1, 0.15) is 6.61 Å². The molecule has 0 saturated heterocycles. The molecule has 0 aromatic heterocycles. The number of hydrogen-bond donors (Lipinski definition) is 0. The molecule has 0 fully saturated rings. The van der Waals surface area contributed by atoms with Gasteiger partial charge in [-0.25, -0.2) is 0 Å². The zero-order valence-electron chi connectivity index (χ0n) is 17.3. The molecule has 156 valence electrons. The highest BCUT2D eigenvalue weighted by Crippen LogP contribution is 2.28. The van der Waals surface area contributed by atoms with Gasteiger partial charge in [0.15, 0.2) is 11.5 Å². The second-order valence-electron chi connectivity index (χ2n) is 7.28. The van der Waals surface area contributed by atoms with Crippen LogP contribution in [0.5, 0.6) is 11.5 Å². The number of hydrogen-bond acceptors (Lipinski definition) is 5. The lowest BCUT2D eigenvalue weighted by atomic mass is 10.1. The number of rotatable bonds is 9. The van der Waals surface area contributed by atoms with Gasteiger partial charge in [0.05, 0.1) is 6.10 Å². The third-order valence-corrected chi connectivity index (χ3v) is 4.41. The van der Waals surface area contributed by atoms with Crippen LogP contribution in [0.15, 0.2) is 66.7 Å². The fourth-order valence-electron chi connectivity index (χ4n) is 3.00. The van der Waals surface area contributed by atoms with Crippen LogP contribution in [0.4, 0.5) is 0 Å². The maximum atomic E-state index is 12.1. The normalized spacial score (nSPS) is 10.8. The molecule has 0 N–H and O–H groups in total. The van der Waals surface area contributed by atoms with Crippen molar-refractivity contribution in [3.8, 4) is 11.5 Å². The quantitative estimate of drug-likeness (QED) is 0.349. The molecule has 0 radical (unpaired) electrons. The minimum atomic E-state index is -0.405. The number of fused-ring (bicyclic) bond motifs is 1. The molecule has 0 aliphatic heterocycles. The molecule has 3 rings (SSSR count). The number of ether oxygens (including phenoxy) is 3. The van der Waals surface area contributed by atoms with Crippen molar-refractivity contribution in [2.75, 3.05) is 0 Å². The molecule has 0 unspecified atom stereocenters. The zero-order chi connectivity index (χ0) is 21.3. The van der Waals surface area contributed by atoms with Crippen LogP contribution in [0.3, 0.4) is 0 Å². The average Bonchev–Trinajstić information content (AvgIpc) is 2.73. The van der Waals surface area contributed by atoms with E-state index in [4.69, 9.17) is 14.2 Å². The van der Waals surface area contributed by atoms with Gasteiger partial charge in [0.25, 0.3) is 0 Å². The number of para-hydroxylation sites is 2. The number of carbonyl (C=O) groups excluding carboxylic acids is 2. The standard InChI is InChI=1S/C25H26O5/c1-18(2)29-22-10-5-6-11-23(22)30-25(27)13-7-12-24(26)28-17-19-14-15-20-8-3-4-9-21(20)16-19/h3-6,8-11,14-16,18H,7,12-13,17H2,1-2H3. The number of esters is 2. The Morgan fingerprint density at radius 2 is 1.47 bits per heavy atom. The lowest BCUT2D eigenvalue weighted by Gasteiger charge is -2.13. The molecule has 3 aromatic rings. The third kappa shape index (κ3) is 6.34. The molecule has 5 heteroatoms. The molecule has 5 nitrogen and oxygen atoms in total. The number of carbonyl (C=O) groups is 2. The van der Waals surface area contributed by atoms with Crippen LogP contribution in [-0.4, -0.2) is 18.0 Å². The maximum Gasteiger partial charge on any atom is 0.311 e. The molecular weight excluding hydrogens is 380 g/mol. The van der Waals surface area contributed by atoms with Crippen LogP contribution < -0.4 is 9.47 Å². The monoisotopic (exact) mass is 406 g/mol. The summed E-state index contributed by atoms with van der Waals surface area (Å²) in [7, 11) is 0. The molecule has 3 aromatic carbocycles. The molecule has 0 bridgehead atoms. The van der Waals surface area contributed by atoms with Crippen LogP contribution in [-0.2, 0) is 20.9 Å². The van der Waals surface area contributed by atoms with Gasteiger partial charge in [-0.2, -0.15) is 0 Å². The predicted molar refractivity (Wildman–Crippen MR) is 115 cm³/mol. The van der Waals surface area contributed by atoms with Crippen LogP contribution in [0.25, 0.3) is 10.8 Å². The Morgan fingerprint density at radius 1 is 0.800 bits per heavy atom. The van der Waals surface area contributed by atoms with Gasteiger partial charge in [-0.1, -0.05) is 48.5 Å². The van der Waals surface area contributed by atoms with E-state index in [1.807, 2.05) is 62.4 Å². The predicted octanol–water partition coefficient (Wildman–Crippen LogP) is 5.45. The van der Waals surface area contributed by atoms with Gasteiger partial charge in [0, 0.05) is 12.8 Å². The van der Waals surface area contributed by atoms with Crippen molar-refractivity contribution in [3.63, 3.8) is 0 Å². The van der Waals surface area contributed by atoms with Crippen molar-refractivity contribution in [1.29, 1.82) is 0 Å². The van der Waals surface area contributed by atoms with E-state index in [0.717, 1.165) is 16.3 Å². The van der Waals surface area contributed by atoms with Gasteiger partial charge >= 0.3 is 11.9 Å². The molecule has 0 spiro atoms. The highest BCUT2D eigenvalue weighted by atomic mass is 16.6. The first-order valence-electron chi connectivity index (χ1n) is 10.1. The van der Waals surface area contributed by atoms with Crippen molar-refractivity contribution in [3.05, 3.63) is 72.3 Å². The highest BCUT2D eigenvalue weighted by Gasteiger charge is 2.12. The average molecular weight is 406 g/mol. The summed E-state index contributed by atoms with van der Waals surface area (Å²) in [6.45, 7) is 4.03. The third-order valence-electron chi connectivity index (χ3n) is 4.41. The van der Waals surface area contributed by atoms with Crippen molar-refractivity contribution in [2.24, 2.45) is 0 Å². The maximum absolute atomic E-state index is 12.1. The minimum absolute atomic E-state index is 0.0257. The lowest BCUT2D eigenvalue weighted by Crippen LogP contribution is -2.12. The highest BCUT2D eigenvalue weighted by molar-refractivity contribution is 5.83. The second-order valence-corrected chi connectivity index (χ2v) is 7.28. The Hall–Kier alpha value is -3.34. The summed E-state index contributed by atoms with van der Waals surface area (Å²) >= 11 is 0. The Balaban J connectivity index is 1.41. The Labute approximate surface area is 176 Å². The van der Waals surface area contributed by atoms with Crippen LogP contribution >= 0.6 is 0 Å². The summed E-state index contributed by atoms with van der Waals surface area (Å²) in [5, 5.41) is 2.25. The summed E-state index contributed by atoms with van der Waals surface area (Å²) in [5.74, 6) is 0.169. The number of benzene rings is 3. The van der Waals surface area contributed by atoms with E-state index in [2.05, 4.69) is 0 Å².